The summed E-state index contributed by atoms with van der Waals surface area (Å²) in [5.74, 6) is 0.0452. The Bertz CT molecular complexity index is 679. The largest absolute Gasteiger partial charge is 0.319 e. The average Bonchev–Trinajstić information content (AvgIpc) is 3.23. The number of nitrogens with one attached hydrogen (secondary N) is 3. The summed E-state index contributed by atoms with van der Waals surface area (Å²) < 4.78 is 0. The van der Waals surface area contributed by atoms with E-state index in [-0.39, 0.29) is 22.7 Å². The smallest absolute Gasteiger partial charge is 0.279 e. The number of amides is 2. The third kappa shape index (κ3) is 3.16. The van der Waals surface area contributed by atoms with Crippen molar-refractivity contribution in [3.63, 3.8) is 0 Å². The SMILES string of the molecule is O=C(Nc1ccc(NC(=O)C2CC2)nc1)c1n[nH]nc1Cl. The minimum atomic E-state index is -0.495. The molecule has 2 amide bonds. The number of hydrogen-bond acceptors (Lipinski definition) is 5. The lowest BCUT2D eigenvalue weighted by atomic mass is 10.3. The molecule has 1 fully saturated rings. The number of pyridine rings is 1. The van der Waals surface area contributed by atoms with Gasteiger partial charge in [0.2, 0.25) is 5.91 Å². The minimum absolute atomic E-state index is 0.00257. The third-order valence-electron chi connectivity index (χ3n) is 2.94. The molecule has 2 aromatic heterocycles. The van der Waals surface area contributed by atoms with Gasteiger partial charge in [0.25, 0.3) is 5.91 Å². The van der Waals surface area contributed by atoms with Crippen LogP contribution in [0.5, 0.6) is 0 Å². The molecule has 1 aliphatic carbocycles. The van der Waals surface area contributed by atoms with Crippen LogP contribution in [0.3, 0.4) is 0 Å². The average molecular weight is 307 g/mol. The van der Waals surface area contributed by atoms with Crippen LogP contribution in [0.1, 0.15) is 23.3 Å². The Morgan fingerprint density at radius 1 is 1.24 bits per heavy atom. The maximum Gasteiger partial charge on any atom is 0.279 e. The highest BCUT2D eigenvalue weighted by molar-refractivity contribution is 6.32. The molecule has 2 aromatic rings. The summed E-state index contributed by atoms with van der Waals surface area (Å²) >= 11 is 5.69. The Hall–Kier alpha value is -2.48. The van der Waals surface area contributed by atoms with E-state index in [1.165, 1.54) is 6.20 Å². The van der Waals surface area contributed by atoms with E-state index in [2.05, 4.69) is 31.0 Å². The Morgan fingerprint density at radius 3 is 2.62 bits per heavy atom. The van der Waals surface area contributed by atoms with Crippen LogP contribution in [0.4, 0.5) is 11.5 Å². The predicted octanol–water partition coefficient (Wildman–Crippen LogP) is 1.45. The van der Waals surface area contributed by atoms with Crippen molar-refractivity contribution >= 4 is 34.9 Å². The molecule has 1 saturated carbocycles. The number of aromatic amines is 1. The second-order valence-corrected chi connectivity index (χ2v) is 4.97. The number of carbonyl (C=O) groups excluding carboxylic acids is 2. The molecule has 2 heterocycles. The molecule has 0 aromatic carbocycles. The molecule has 3 N–H and O–H groups in total. The monoisotopic (exact) mass is 306 g/mol. The van der Waals surface area contributed by atoms with Gasteiger partial charge in [0, 0.05) is 5.92 Å². The van der Waals surface area contributed by atoms with Crippen molar-refractivity contribution in [2.75, 3.05) is 10.6 Å². The summed E-state index contributed by atoms with van der Waals surface area (Å²) in [6, 6.07) is 3.24. The van der Waals surface area contributed by atoms with Gasteiger partial charge in [-0.2, -0.15) is 5.21 Å². The number of aromatic nitrogens is 4. The topological polar surface area (TPSA) is 113 Å². The fraction of sp³-hybridized carbons (Fsp3) is 0.250. The zero-order valence-corrected chi connectivity index (χ0v) is 11.5. The van der Waals surface area contributed by atoms with E-state index in [0.717, 1.165) is 12.8 Å². The maximum absolute atomic E-state index is 11.8. The number of H-pyrrole nitrogens is 1. The van der Waals surface area contributed by atoms with Crippen LogP contribution in [0, 0.1) is 5.92 Å². The quantitative estimate of drug-likeness (QED) is 0.791. The van der Waals surface area contributed by atoms with Gasteiger partial charge in [0.15, 0.2) is 10.8 Å². The van der Waals surface area contributed by atoms with Gasteiger partial charge in [-0.05, 0) is 25.0 Å². The lowest BCUT2D eigenvalue weighted by Gasteiger charge is -2.05. The van der Waals surface area contributed by atoms with Crippen LogP contribution in [-0.4, -0.2) is 32.2 Å². The van der Waals surface area contributed by atoms with Gasteiger partial charge < -0.3 is 10.6 Å². The zero-order valence-electron chi connectivity index (χ0n) is 10.8. The number of carbonyl (C=O) groups is 2. The van der Waals surface area contributed by atoms with Crippen LogP contribution < -0.4 is 10.6 Å². The van der Waals surface area contributed by atoms with E-state index in [0.29, 0.717) is 11.5 Å². The molecule has 0 atom stereocenters. The van der Waals surface area contributed by atoms with E-state index in [4.69, 9.17) is 11.6 Å². The van der Waals surface area contributed by atoms with Gasteiger partial charge in [-0.15, -0.1) is 10.2 Å². The predicted molar refractivity (Wildman–Crippen MR) is 74.9 cm³/mol. The molecule has 0 aliphatic heterocycles. The fourth-order valence-corrected chi connectivity index (χ4v) is 1.83. The third-order valence-corrected chi connectivity index (χ3v) is 3.20. The van der Waals surface area contributed by atoms with Gasteiger partial charge >= 0.3 is 0 Å². The first-order chi connectivity index (χ1) is 10.1. The molecule has 0 radical (unpaired) electrons. The number of halogens is 1. The van der Waals surface area contributed by atoms with E-state index in [9.17, 15) is 9.59 Å². The summed E-state index contributed by atoms with van der Waals surface area (Å²) in [5, 5.41) is 14.7. The van der Waals surface area contributed by atoms with Crippen LogP contribution in [0.15, 0.2) is 18.3 Å². The van der Waals surface area contributed by atoms with Crippen molar-refractivity contribution in [2.45, 2.75) is 12.8 Å². The second kappa shape index (κ2) is 5.49. The molecule has 0 saturated heterocycles. The van der Waals surface area contributed by atoms with Crippen LogP contribution >= 0.6 is 11.6 Å². The van der Waals surface area contributed by atoms with Crippen molar-refractivity contribution in [3.05, 3.63) is 29.2 Å². The molecule has 0 unspecified atom stereocenters. The molecular formula is C12H11ClN6O2. The van der Waals surface area contributed by atoms with Crippen molar-refractivity contribution in [2.24, 2.45) is 5.92 Å². The first-order valence-corrected chi connectivity index (χ1v) is 6.66. The van der Waals surface area contributed by atoms with E-state index < -0.39 is 5.91 Å². The zero-order chi connectivity index (χ0) is 14.8. The molecule has 21 heavy (non-hydrogen) atoms. The van der Waals surface area contributed by atoms with Crippen molar-refractivity contribution < 1.29 is 9.59 Å². The standard InChI is InChI=1S/C12H11ClN6O2/c13-10-9(17-19-18-10)12(21)15-7-3-4-8(14-5-7)16-11(20)6-1-2-6/h3-6H,1-2H2,(H,15,21)(H,14,16,20)(H,17,18,19). The molecule has 9 heteroatoms. The lowest BCUT2D eigenvalue weighted by molar-refractivity contribution is -0.117. The molecule has 1 aliphatic rings. The normalized spacial score (nSPS) is 13.8. The molecule has 0 spiro atoms. The molecule has 3 rings (SSSR count). The summed E-state index contributed by atoms with van der Waals surface area (Å²) in [5.41, 5.74) is 0.464. The van der Waals surface area contributed by atoms with Crippen LogP contribution in [0.2, 0.25) is 5.15 Å². The Balaban J connectivity index is 1.62. The van der Waals surface area contributed by atoms with E-state index >= 15 is 0 Å². The molecule has 8 nitrogen and oxygen atoms in total. The molecule has 0 bridgehead atoms. The van der Waals surface area contributed by atoms with Gasteiger partial charge in [0.1, 0.15) is 5.82 Å². The van der Waals surface area contributed by atoms with Gasteiger partial charge in [0.05, 0.1) is 11.9 Å². The maximum atomic E-state index is 11.8. The number of hydrogen-bond donors (Lipinski definition) is 3. The highest BCUT2D eigenvalue weighted by atomic mass is 35.5. The highest BCUT2D eigenvalue weighted by Crippen LogP contribution is 2.29. The van der Waals surface area contributed by atoms with Crippen LogP contribution in [0.25, 0.3) is 0 Å². The van der Waals surface area contributed by atoms with E-state index in [1.54, 1.807) is 12.1 Å². The lowest BCUT2D eigenvalue weighted by Crippen LogP contribution is -2.15. The van der Waals surface area contributed by atoms with Gasteiger partial charge in [-0.1, -0.05) is 11.6 Å². The highest BCUT2D eigenvalue weighted by Gasteiger charge is 2.29. The van der Waals surface area contributed by atoms with Crippen molar-refractivity contribution in [1.29, 1.82) is 0 Å². The first kappa shape index (κ1) is 13.5. The van der Waals surface area contributed by atoms with E-state index in [1.807, 2.05) is 0 Å². The summed E-state index contributed by atoms with van der Waals surface area (Å²) in [4.78, 5) is 27.5. The summed E-state index contributed by atoms with van der Waals surface area (Å²) in [6.07, 6.45) is 3.30. The number of rotatable bonds is 4. The van der Waals surface area contributed by atoms with Crippen LogP contribution in [-0.2, 0) is 4.79 Å². The second-order valence-electron chi connectivity index (χ2n) is 4.61. The number of nitrogens with zero attached hydrogens (tertiary/aromatic N) is 3. The fourth-order valence-electron chi connectivity index (χ4n) is 1.67. The minimum Gasteiger partial charge on any atom is -0.319 e. The molecule has 108 valence electrons. The summed E-state index contributed by atoms with van der Waals surface area (Å²) in [6.45, 7) is 0. The Kier molecular flexibility index (Phi) is 3.53. The van der Waals surface area contributed by atoms with Crippen molar-refractivity contribution in [3.8, 4) is 0 Å². The summed E-state index contributed by atoms with van der Waals surface area (Å²) in [7, 11) is 0. The first-order valence-electron chi connectivity index (χ1n) is 6.28. The van der Waals surface area contributed by atoms with Crippen molar-refractivity contribution in [1.82, 2.24) is 20.4 Å². The van der Waals surface area contributed by atoms with Gasteiger partial charge in [-0.25, -0.2) is 4.98 Å². The Morgan fingerprint density at radius 2 is 2.05 bits per heavy atom. The van der Waals surface area contributed by atoms with Gasteiger partial charge in [-0.3, -0.25) is 9.59 Å². The Labute approximate surface area is 124 Å². The molecular weight excluding hydrogens is 296 g/mol. The number of anilines is 2.